The van der Waals surface area contributed by atoms with E-state index in [-0.39, 0.29) is 5.41 Å². The molecule has 0 amide bonds. The molecule has 2 rings (SSSR count). The third-order valence-corrected chi connectivity index (χ3v) is 7.34. The minimum Gasteiger partial charge on any atom is -0.330 e. The molecule has 0 aliphatic carbocycles. The fraction of sp³-hybridized carbons (Fsp3) is 0.692. The first-order chi connectivity index (χ1) is 8.75. The molecule has 1 saturated heterocycles. The quantitative estimate of drug-likeness (QED) is 0.929. The van der Waals surface area contributed by atoms with Crippen molar-refractivity contribution in [1.29, 1.82) is 0 Å². The van der Waals surface area contributed by atoms with E-state index in [1.807, 2.05) is 6.07 Å². The van der Waals surface area contributed by atoms with E-state index in [0.29, 0.717) is 29.8 Å². The SMILES string of the molecule is CC(C)(C)c1ccc(S(=O)(=O)N2CCC(CN)C2)s1. The Bertz CT molecular complexity index is 543. The molecule has 2 heterocycles. The minimum absolute atomic E-state index is 0.0107. The Balaban J connectivity index is 2.23. The summed E-state index contributed by atoms with van der Waals surface area (Å²) in [4.78, 5) is 1.10. The molecular weight excluding hydrogens is 280 g/mol. The summed E-state index contributed by atoms with van der Waals surface area (Å²) < 4.78 is 27.1. The van der Waals surface area contributed by atoms with Crippen LogP contribution in [-0.4, -0.2) is 32.4 Å². The Morgan fingerprint density at radius 3 is 2.58 bits per heavy atom. The number of sulfonamides is 1. The molecule has 0 radical (unpaired) electrons. The summed E-state index contributed by atoms with van der Waals surface area (Å²) in [5.74, 6) is 0.303. The Morgan fingerprint density at radius 1 is 1.42 bits per heavy atom. The Morgan fingerprint density at radius 2 is 2.11 bits per heavy atom. The molecule has 108 valence electrons. The average molecular weight is 302 g/mol. The van der Waals surface area contributed by atoms with E-state index < -0.39 is 10.0 Å². The smallest absolute Gasteiger partial charge is 0.252 e. The van der Waals surface area contributed by atoms with Crippen molar-refractivity contribution in [2.45, 2.75) is 36.8 Å². The third-order valence-electron chi connectivity index (χ3n) is 3.50. The predicted molar refractivity (Wildman–Crippen MR) is 78.9 cm³/mol. The van der Waals surface area contributed by atoms with Crippen molar-refractivity contribution < 1.29 is 8.42 Å². The predicted octanol–water partition coefficient (Wildman–Crippen LogP) is 2.01. The van der Waals surface area contributed by atoms with Gasteiger partial charge in [0, 0.05) is 18.0 Å². The molecule has 1 unspecified atom stereocenters. The molecule has 1 aliphatic rings. The number of thiophene rings is 1. The molecule has 6 heteroatoms. The third kappa shape index (κ3) is 3.02. The second-order valence-corrected chi connectivity index (χ2v) is 9.37. The highest BCUT2D eigenvalue weighted by molar-refractivity contribution is 7.91. The van der Waals surface area contributed by atoms with Crippen LogP contribution in [0.2, 0.25) is 0 Å². The zero-order valence-electron chi connectivity index (χ0n) is 11.7. The molecule has 0 saturated carbocycles. The van der Waals surface area contributed by atoms with E-state index in [4.69, 9.17) is 5.73 Å². The van der Waals surface area contributed by atoms with Gasteiger partial charge in [0.05, 0.1) is 0 Å². The van der Waals surface area contributed by atoms with Crippen LogP contribution in [0.1, 0.15) is 32.1 Å². The van der Waals surface area contributed by atoms with E-state index >= 15 is 0 Å². The summed E-state index contributed by atoms with van der Waals surface area (Å²) in [6, 6.07) is 3.66. The largest absolute Gasteiger partial charge is 0.330 e. The molecule has 1 aromatic heterocycles. The highest BCUT2D eigenvalue weighted by Gasteiger charge is 2.33. The maximum atomic E-state index is 12.5. The lowest BCUT2D eigenvalue weighted by molar-refractivity contribution is 0.460. The van der Waals surface area contributed by atoms with E-state index in [0.717, 1.165) is 11.3 Å². The summed E-state index contributed by atoms with van der Waals surface area (Å²) >= 11 is 1.38. The highest BCUT2D eigenvalue weighted by Crippen LogP contribution is 2.34. The monoisotopic (exact) mass is 302 g/mol. The fourth-order valence-corrected chi connectivity index (χ4v) is 5.25. The zero-order chi connectivity index (χ0) is 14.3. The number of hydrogen-bond acceptors (Lipinski definition) is 4. The summed E-state index contributed by atoms with van der Waals surface area (Å²) in [5, 5.41) is 0. The summed E-state index contributed by atoms with van der Waals surface area (Å²) in [6.07, 6.45) is 0.868. The van der Waals surface area contributed by atoms with Crippen molar-refractivity contribution >= 4 is 21.4 Å². The molecule has 0 spiro atoms. The van der Waals surface area contributed by atoms with Crippen molar-refractivity contribution in [3.05, 3.63) is 17.0 Å². The lowest BCUT2D eigenvalue weighted by atomic mass is 9.95. The Labute approximate surface area is 119 Å². The van der Waals surface area contributed by atoms with Crippen molar-refractivity contribution in [3.63, 3.8) is 0 Å². The van der Waals surface area contributed by atoms with Gasteiger partial charge in [-0.1, -0.05) is 20.8 Å². The van der Waals surface area contributed by atoms with Crippen LogP contribution in [0.4, 0.5) is 0 Å². The molecule has 2 N–H and O–H groups in total. The Kier molecular flexibility index (Phi) is 4.07. The first-order valence-corrected chi connectivity index (χ1v) is 8.81. The van der Waals surface area contributed by atoms with Crippen LogP contribution in [0.15, 0.2) is 16.3 Å². The topological polar surface area (TPSA) is 63.4 Å². The van der Waals surface area contributed by atoms with Gasteiger partial charge in [-0.2, -0.15) is 4.31 Å². The van der Waals surface area contributed by atoms with Gasteiger partial charge in [0.2, 0.25) is 0 Å². The minimum atomic E-state index is -3.32. The van der Waals surface area contributed by atoms with E-state index in [2.05, 4.69) is 20.8 Å². The van der Waals surface area contributed by atoms with Crippen molar-refractivity contribution in [1.82, 2.24) is 4.31 Å². The molecule has 19 heavy (non-hydrogen) atoms. The molecule has 0 bridgehead atoms. The highest BCUT2D eigenvalue weighted by atomic mass is 32.2. The first kappa shape index (κ1) is 15.0. The molecule has 1 aromatic rings. The average Bonchev–Trinajstić information content (AvgIpc) is 2.98. The Hall–Kier alpha value is -0.430. The second-order valence-electron chi connectivity index (χ2n) is 6.12. The normalized spacial score (nSPS) is 22.0. The van der Waals surface area contributed by atoms with Gasteiger partial charge in [-0.15, -0.1) is 11.3 Å². The maximum absolute atomic E-state index is 12.5. The van der Waals surface area contributed by atoms with Crippen molar-refractivity contribution in [2.75, 3.05) is 19.6 Å². The van der Waals surface area contributed by atoms with Crippen LogP contribution in [0.3, 0.4) is 0 Å². The molecule has 1 fully saturated rings. The van der Waals surface area contributed by atoms with E-state index in [9.17, 15) is 8.42 Å². The van der Waals surface area contributed by atoms with Gasteiger partial charge in [-0.25, -0.2) is 8.42 Å². The summed E-state index contributed by atoms with van der Waals surface area (Å²) in [5.41, 5.74) is 5.61. The lowest BCUT2D eigenvalue weighted by Gasteiger charge is -2.16. The van der Waals surface area contributed by atoms with Crippen LogP contribution >= 0.6 is 11.3 Å². The van der Waals surface area contributed by atoms with Gasteiger partial charge in [0.1, 0.15) is 4.21 Å². The zero-order valence-corrected chi connectivity index (χ0v) is 13.4. The number of hydrogen-bond donors (Lipinski definition) is 1. The van der Waals surface area contributed by atoms with Gasteiger partial charge in [0.15, 0.2) is 0 Å². The van der Waals surface area contributed by atoms with E-state index in [1.165, 1.54) is 11.3 Å². The van der Waals surface area contributed by atoms with Crippen LogP contribution in [0.5, 0.6) is 0 Å². The van der Waals surface area contributed by atoms with Crippen LogP contribution in [0, 0.1) is 5.92 Å². The molecular formula is C13H22N2O2S2. The number of nitrogens with zero attached hydrogens (tertiary/aromatic N) is 1. The van der Waals surface area contributed by atoms with E-state index in [1.54, 1.807) is 10.4 Å². The van der Waals surface area contributed by atoms with Gasteiger partial charge in [0.25, 0.3) is 10.0 Å². The van der Waals surface area contributed by atoms with Crippen molar-refractivity contribution in [3.8, 4) is 0 Å². The lowest BCUT2D eigenvalue weighted by Crippen LogP contribution is -2.29. The molecule has 0 aromatic carbocycles. The fourth-order valence-electron chi connectivity index (χ4n) is 2.20. The first-order valence-electron chi connectivity index (χ1n) is 6.55. The molecule has 4 nitrogen and oxygen atoms in total. The van der Waals surface area contributed by atoms with Gasteiger partial charge >= 0.3 is 0 Å². The van der Waals surface area contributed by atoms with Crippen LogP contribution < -0.4 is 5.73 Å². The number of rotatable bonds is 3. The molecule has 1 atom stereocenters. The van der Waals surface area contributed by atoms with Gasteiger partial charge in [-0.3, -0.25) is 0 Å². The maximum Gasteiger partial charge on any atom is 0.252 e. The summed E-state index contributed by atoms with van der Waals surface area (Å²) in [7, 11) is -3.32. The van der Waals surface area contributed by atoms with Crippen LogP contribution in [-0.2, 0) is 15.4 Å². The van der Waals surface area contributed by atoms with Gasteiger partial charge in [-0.05, 0) is 36.4 Å². The number of nitrogens with two attached hydrogens (primary N) is 1. The molecule has 1 aliphatic heterocycles. The second kappa shape index (κ2) is 5.16. The van der Waals surface area contributed by atoms with Crippen molar-refractivity contribution in [2.24, 2.45) is 11.7 Å². The standard InChI is InChI=1S/C13H22N2O2S2/c1-13(2,3)11-4-5-12(18-11)19(16,17)15-7-6-10(8-14)9-15/h4-5,10H,6-9,14H2,1-3H3. The van der Waals surface area contributed by atoms with Crippen LogP contribution in [0.25, 0.3) is 0 Å². The van der Waals surface area contributed by atoms with Gasteiger partial charge < -0.3 is 5.73 Å². The summed E-state index contributed by atoms with van der Waals surface area (Å²) in [6.45, 7) is 7.98.